The second kappa shape index (κ2) is 7.32. The van der Waals surface area contributed by atoms with Crippen LogP contribution in [0.2, 0.25) is 5.02 Å². The van der Waals surface area contributed by atoms with Gasteiger partial charge in [0.15, 0.2) is 0 Å². The van der Waals surface area contributed by atoms with Gasteiger partial charge in [-0.25, -0.2) is 0 Å². The molecule has 1 amide bonds. The SMILES string of the molecule is COc1cc(CC(=O)N(C)Cc2ccccc2Cl)ccc1C. The van der Waals surface area contributed by atoms with Crippen LogP contribution in [-0.2, 0) is 17.8 Å². The van der Waals surface area contributed by atoms with E-state index in [0.29, 0.717) is 18.0 Å². The Balaban J connectivity index is 2.04. The third-order valence-corrected chi connectivity index (χ3v) is 3.99. The van der Waals surface area contributed by atoms with E-state index in [-0.39, 0.29) is 5.91 Å². The highest BCUT2D eigenvalue weighted by molar-refractivity contribution is 6.31. The number of nitrogens with zero attached hydrogens (tertiary/aromatic N) is 1. The summed E-state index contributed by atoms with van der Waals surface area (Å²) in [5.74, 6) is 0.852. The molecule has 2 rings (SSSR count). The molecule has 3 nitrogen and oxygen atoms in total. The van der Waals surface area contributed by atoms with Crippen molar-refractivity contribution in [3.05, 3.63) is 64.2 Å². The Bertz CT molecular complexity index is 670. The molecule has 0 atom stereocenters. The van der Waals surface area contributed by atoms with Gasteiger partial charge in [-0.05, 0) is 35.7 Å². The van der Waals surface area contributed by atoms with E-state index in [0.717, 1.165) is 22.4 Å². The Morgan fingerprint density at radius 1 is 1.23 bits per heavy atom. The van der Waals surface area contributed by atoms with Crippen molar-refractivity contribution in [2.24, 2.45) is 0 Å². The molecule has 0 heterocycles. The zero-order chi connectivity index (χ0) is 16.1. The van der Waals surface area contributed by atoms with Crippen LogP contribution in [-0.4, -0.2) is 25.0 Å². The number of carbonyl (C=O) groups excluding carboxylic acids is 1. The van der Waals surface area contributed by atoms with E-state index < -0.39 is 0 Å². The fourth-order valence-corrected chi connectivity index (χ4v) is 2.45. The third kappa shape index (κ3) is 4.01. The van der Waals surface area contributed by atoms with Gasteiger partial charge in [0.05, 0.1) is 13.5 Å². The van der Waals surface area contributed by atoms with Gasteiger partial charge >= 0.3 is 0 Å². The lowest BCUT2D eigenvalue weighted by molar-refractivity contribution is -0.129. The summed E-state index contributed by atoms with van der Waals surface area (Å²) in [6.07, 6.45) is 0.345. The minimum Gasteiger partial charge on any atom is -0.496 e. The summed E-state index contributed by atoms with van der Waals surface area (Å²) in [6, 6.07) is 13.4. The van der Waals surface area contributed by atoms with Crippen molar-refractivity contribution in [2.75, 3.05) is 14.2 Å². The summed E-state index contributed by atoms with van der Waals surface area (Å²) in [5, 5.41) is 0.680. The van der Waals surface area contributed by atoms with E-state index in [2.05, 4.69) is 0 Å². The molecule has 0 aliphatic carbocycles. The summed E-state index contributed by atoms with van der Waals surface area (Å²) >= 11 is 6.14. The fourth-order valence-electron chi connectivity index (χ4n) is 2.25. The minimum atomic E-state index is 0.0471. The molecule has 0 fully saturated rings. The van der Waals surface area contributed by atoms with Gasteiger partial charge in [-0.2, -0.15) is 0 Å². The van der Waals surface area contributed by atoms with Gasteiger partial charge in [-0.3, -0.25) is 4.79 Å². The van der Waals surface area contributed by atoms with Crippen molar-refractivity contribution in [2.45, 2.75) is 19.9 Å². The average molecular weight is 318 g/mol. The van der Waals surface area contributed by atoms with Crippen LogP contribution in [0.1, 0.15) is 16.7 Å². The average Bonchev–Trinajstić information content (AvgIpc) is 2.51. The highest BCUT2D eigenvalue weighted by Crippen LogP contribution is 2.20. The largest absolute Gasteiger partial charge is 0.496 e. The maximum atomic E-state index is 12.4. The first-order valence-electron chi connectivity index (χ1n) is 7.12. The molecular formula is C18H20ClNO2. The van der Waals surface area contributed by atoms with E-state index >= 15 is 0 Å². The van der Waals surface area contributed by atoms with Gasteiger partial charge in [0.1, 0.15) is 5.75 Å². The first-order valence-corrected chi connectivity index (χ1v) is 7.50. The Labute approximate surface area is 136 Å². The number of methoxy groups -OCH3 is 1. The van der Waals surface area contributed by atoms with Gasteiger partial charge in [0, 0.05) is 18.6 Å². The number of amides is 1. The van der Waals surface area contributed by atoms with Crippen LogP contribution >= 0.6 is 11.6 Å². The molecule has 0 radical (unpaired) electrons. The summed E-state index contributed by atoms with van der Waals surface area (Å²) < 4.78 is 5.30. The van der Waals surface area contributed by atoms with Gasteiger partial charge in [-0.15, -0.1) is 0 Å². The summed E-state index contributed by atoms with van der Waals surface area (Å²) in [7, 11) is 3.43. The zero-order valence-corrected chi connectivity index (χ0v) is 13.9. The lowest BCUT2D eigenvalue weighted by atomic mass is 10.1. The Kier molecular flexibility index (Phi) is 5.45. The first-order chi connectivity index (χ1) is 10.5. The van der Waals surface area contributed by atoms with Crippen LogP contribution in [0.5, 0.6) is 5.75 Å². The quantitative estimate of drug-likeness (QED) is 0.838. The highest BCUT2D eigenvalue weighted by Gasteiger charge is 2.12. The van der Waals surface area contributed by atoms with Gasteiger partial charge in [0.2, 0.25) is 5.91 Å². The molecule has 116 valence electrons. The Morgan fingerprint density at radius 3 is 2.64 bits per heavy atom. The molecule has 2 aromatic carbocycles. The second-order valence-electron chi connectivity index (χ2n) is 5.32. The van der Waals surface area contributed by atoms with Crippen molar-refractivity contribution in [3.8, 4) is 5.75 Å². The van der Waals surface area contributed by atoms with E-state index in [1.807, 2.05) is 49.4 Å². The van der Waals surface area contributed by atoms with Crippen LogP contribution in [0.15, 0.2) is 42.5 Å². The molecule has 0 N–H and O–H groups in total. The number of rotatable bonds is 5. The van der Waals surface area contributed by atoms with Gasteiger partial charge < -0.3 is 9.64 Å². The maximum absolute atomic E-state index is 12.4. The third-order valence-electron chi connectivity index (χ3n) is 3.62. The Morgan fingerprint density at radius 2 is 1.95 bits per heavy atom. The molecule has 0 saturated heterocycles. The minimum absolute atomic E-state index is 0.0471. The maximum Gasteiger partial charge on any atom is 0.227 e. The zero-order valence-electron chi connectivity index (χ0n) is 13.1. The monoisotopic (exact) mass is 317 g/mol. The second-order valence-corrected chi connectivity index (χ2v) is 5.73. The molecule has 0 aliphatic rings. The van der Waals surface area contributed by atoms with Crippen LogP contribution in [0.3, 0.4) is 0 Å². The number of aryl methyl sites for hydroxylation is 1. The Hall–Kier alpha value is -2.00. The number of hydrogen-bond donors (Lipinski definition) is 0. The van der Waals surface area contributed by atoms with Crippen LogP contribution in [0.25, 0.3) is 0 Å². The molecule has 0 spiro atoms. The van der Waals surface area contributed by atoms with E-state index in [1.165, 1.54) is 0 Å². The number of likely N-dealkylation sites (N-methyl/N-ethyl adjacent to an activating group) is 1. The summed E-state index contributed by atoms with van der Waals surface area (Å²) in [4.78, 5) is 14.0. The van der Waals surface area contributed by atoms with Gasteiger partial charge in [-0.1, -0.05) is 41.9 Å². The topological polar surface area (TPSA) is 29.5 Å². The molecule has 4 heteroatoms. The van der Waals surface area contributed by atoms with Crippen molar-refractivity contribution in [1.82, 2.24) is 4.90 Å². The van der Waals surface area contributed by atoms with E-state index in [9.17, 15) is 4.79 Å². The molecular weight excluding hydrogens is 298 g/mol. The van der Waals surface area contributed by atoms with Crippen LogP contribution in [0.4, 0.5) is 0 Å². The molecule has 0 aliphatic heterocycles. The molecule has 0 bridgehead atoms. The lowest BCUT2D eigenvalue weighted by Gasteiger charge is -2.18. The number of hydrogen-bond acceptors (Lipinski definition) is 2. The van der Waals surface area contributed by atoms with Crippen LogP contribution < -0.4 is 4.74 Å². The number of benzene rings is 2. The van der Waals surface area contributed by atoms with Crippen molar-refractivity contribution in [3.63, 3.8) is 0 Å². The fraction of sp³-hybridized carbons (Fsp3) is 0.278. The normalized spacial score (nSPS) is 10.4. The molecule has 22 heavy (non-hydrogen) atoms. The van der Waals surface area contributed by atoms with E-state index in [1.54, 1.807) is 19.1 Å². The summed E-state index contributed by atoms with van der Waals surface area (Å²) in [5.41, 5.74) is 2.95. The predicted molar refractivity (Wildman–Crippen MR) is 89.4 cm³/mol. The first kappa shape index (κ1) is 16.4. The van der Waals surface area contributed by atoms with Gasteiger partial charge in [0.25, 0.3) is 0 Å². The predicted octanol–water partition coefficient (Wildman–Crippen LogP) is 3.86. The van der Waals surface area contributed by atoms with Crippen molar-refractivity contribution in [1.29, 1.82) is 0 Å². The molecule has 0 aromatic heterocycles. The molecule has 0 saturated carbocycles. The number of carbonyl (C=O) groups is 1. The number of halogens is 1. The van der Waals surface area contributed by atoms with E-state index in [4.69, 9.17) is 16.3 Å². The lowest BCUT2D eigenvalue weighted by Crippen LogP contribution is -2.27. The molecule has 0 unspecified atom stereocenters. The van der Waals surface area contributed by atoms with Crippen molar-refractivity contribution < 1.29 is 9.53 Å². The smallest absolute Gasteiger partial charge is 0.227 e. The summed E-state index contributed by atoms with van der Waals surface area (Å²) in [6.45, 7) is 2.48. The highest BCUT2D eigenvalue weighted by atomic mass is 35.5. The number of ether oxygens (including phenoxy) is 1. The van der Waals surface area contributed by atoms with Crippen molar-refractivity contribution >= 4 is 17.5 Å². The molecule has 2 aromatic rings. The standard InChI is InChI=1S/C18H20ClNO2/c1-13-8-9-14(10-17(13)22-3)11-18(21)20(2)12-15-6-4-5-7-16(15)19/h4-10H,11-12H2,1-3H3. The van der Waals surface area contributed by atoms with Crippen LogP contribution in [0, 0.1) is 6.92 Å².